The van der Waals surface area contributed by atoms with Crippen molar-refractivity contribution in [2.45, 2.75) is 33.6 Å². The number of hydrogen-bond acceptors (Lipinski definition) is 1. The number of benzene rings is 1. The van der Waals surface area contributed by atoms with Gasteiger partial charge in [0.1, 0.15) is 0 Å². The number of halogens is 1. The highest BCUT2D eigenvalue weighted by molar-refractivity contribution is 6.31. The molecule has 0 aromatic heterocycles. The van der Waals surface area contributed by atoms with Gasteiger partial charge < -0.3 is 5.32 Å². The molecule has 0 saturated heterocycles. The van der Waals surface area contributed by atoms with Crippen molar-refractivity contribution in [3.05, 3.63) is 28.8 Å². The first-order valence-electron chi connectivity index (χ1n) is 5.59. The zero-order valence-electron chi connectivity index (χ0n) is 9.81. The van der Waals surface area contributed by atoms with Crippen molar-refractivity contribution in [3.63, 3.8) is 0 Å². The number of nitrogens with one attached hydrogen (secondary N) is 1. The van der Waals surface area contributed by atoms with Crippen molar-refractivity contribution in [3.8, 4) is 0 Å². The smallest absolute Gasteiger partial charge is 0.0455 e. The van der Waals surface area contributed by atoms with Gasteiger partial charge in [0, 0.05) is 17.3 Å². The summed E-state index contributed by atoms with van der Waals surface area (Å²) in [6, 6.07) is 6.12. The van der Waals surface area contributed by atoms with Crippen LogP contribution in [-0.4, -0.2) is 6.54 Å². The fourth-order valence-corrected chi connectivity index (χ4v) is 1.63. The summed E-state index contributed by atoms with van der Waals surface area (Å²) in [5.74, 6) is 0.786. The molecule has 0 aliphatic rings. The lowest BCUT2D eigenvalue weighted by Crippen LogP contribution is -2.02. The monoisotopic (exact) mass is 225 g/mol. The number of anilines is 1. The fraction of sp³-hybridized carbons (Fsp3) is 0.538. The van der Waals surface area contributed by atoms with E-state index in [1.54, 1.807) is 0 Å². The van der Waals surface area contributed by atoms with E-state index in [2.05, 4.69) is 25.2 Å². The maximum atomic E-state index is 6.04. The lowest BCUT2D eigenvalue weighted by atomic mass is 10.1. The molecule has 0 unspecified atom stereocenters. The second-order valence-electron chi connectivity index (χ2n) is 4.43. The van der Waals surface area contributed by atoms with Crippen LogP contribution < -0.4 is 5.32 Å². The Bertz CT molecular complexity index is 307. The zero-order chi connectivity index (χ0) is 11.3. The third-order valence-corrected chi connectivity index (χ3v) is 2.87. The van der Waals surface area contributed by atoms with E-state index in [-0.39, 0.29) is 0 Å². The molecule has 2 heteroatoms. The van der Waals surface area contributed by atoms with E-state index in [0.717, 1.165) is 28.7 Å². The van der Waals surface area contributed by atoms with Crippen molar-refractivity contribution >= 4 is 17.3 Å². The van der Waals surface area contributed by atoms with Gasteiger partial charge in [0.05, 0.1) is 0 Å². The molecule has 15 heavy (non-hydrogen) atoms. The van der Waals surface area contributed by atoms with Gasteiger partial charge in [-0.2, -0.15) is 0 Å². The Morgan fingerprint density at radius 1 is 1.33 bits per heavy atom. The average molecular weight is 226 g/mol. The molecule has 1 nitrogen and oxygen atoms in total. The summed E-state index contributed by atoms with van der Waals surface area (Å²) in [7, 11) is 0. The molecule has 0 atom stereocenters. The molecule has 0 amide bonds. The zero-order valence-corrected chi connectivity index (χ0v) is 10.6. The van der Waals surface area contributed by atoms with E-state index in [0.29, 0.717) is 0 Å². The Morgan fingerprint density at radius 2 is 2.07 bits per heavy atom. The van der Waals surface area contributed by atoms with E-state index in [9.17, 15) is 0 Å². The summed E-state index contributed by atoms with van der Waals surface area (Å²) in [6.45, 7) is 7.55. The largest absolute Gasteiger partial charge is 0.385 e. The highest BCUT2D eigenvalue weighted by Crippen LogP contribution is 2.19. The molecular weight excluding hydrogens is 206 g/mol. The second-order valence-corrected chi connectivity index (χ2v) is 4.83. The first kappa shape index (κ1) is 12.4. The third-order valence-electron chi connectivity index (χ3n) is 2.46. The van der Waals surface area contributed by atoms with Gasteiger partial charge in [-0.3, -0.25) is 0 Å². The van der Waals surface area contributed by atoms with Gasteiger partial charge in [-0.1, -0.05) is 31.5 Å². The van der Waals surface area contributed by atoms with Crippen molar-refractivity contribution in [1.82, 2.24) is 0 Å². The second kappa shape index (κ2) is 6.02. The normalized spacial score (nSPS) is 10.7. The minimum absolute atomic E-state index is 0.786. The molecule has 0 radical (unpaired) electrons. The maximum Gasteiger partial charge on any atom is 0.0455 e. The predicted octanol–water partition coefficient (Wildman–Crippen LogP) is 4.50. The van der Waals surface area contributed by atoms with Gasteiger partial charge in [0.15, 0.2) is 0 Å². The molecule has 84 valence electrons. The van der Waals surface area contributed by atoms with Crippen LogP contribution in [0.15, 0.2) is 18.2 Å². The van der Waals surface area contributed by atoms with E-state index in [1.165, 1.54) is 12.8 Å². The van der Waals surface area contributed by atoms with Crippen molar-refractivity contribution < 1.29 is 0 Å². The van der Waals surface area contributed by atoms with Crippen LogP contribution in [-0.2, 0) is 0 Å². The Kier molecular flexibility index (Phi) is 4.97. The van der Waals surface area contributed by atoms with Gasteiger partial charge in [0.2, 0.25) is 0 Å². The lowest BCUT2D eigenvalue weighted by Gasteiger charge is -2.08. The summed E-state index contributed by atoms with van der Waals surface area (Å²) < 4.78 is 0. The molecule has 0 fully saturated rings. The molecule has 1 aromatic rings. The van der Waals surface area contributed by atoms with Gasteiger partial charge in [-0.15, -0.1) is 0 Å². The lowest BCUT2D eigenvalue weighted by molar-refractivity contribution is 0.567. The minimum atomic E-state index is 0.786. The third kappa shape index (κ3) is 4.57. The number of rotatable bonds is 5. The standard InChI is InChI=1S/C13H20ClN/c1-10(2)5-4-8-15-12-7-6-11(3)13(14)9-12/h6-7,9-10,15H,4-5,8H2,1-3H3. The summed E-state index contributed by atoms with van der Waals surface area (Å²) >= 11 is 6.04. The molecule has 0 bridgehead atoms. The molecule has 0 aliphatic carbocycles. The minimum Gasteiger partial charge on any atom is -0.385 e. The van der Waals surface area contributed by atoms with E-state index >= 15 is 0 Å². The number of hydrogen-bond donors (Lipinski definition) is 1. The molecule has 1 rings (SSSR count). The first-order chi connectivity index (χ1) is 7.09. The van der Waals surface area contributed by atoms with E-state index < -0.39 is 0 Å². The van der Waals surface area contributed by atoms with Gasteiger partial charge in [0.25, 0.3) is 0 Å². The summed E-state index contributed by atoms with van der Waals surface area (Å²) in [5.41, 5.74) is 2.25. The topological polar surface area (TPSA) is 12.0 Å². The summed E-state index contributed by atoms with van der Waals surface area (Å²) in [4.78, 5) is 0. The Balaban J connectivity index is 2.35. The Morgan fingerprint density at radius 3 is 2.67 bits per heavy atom. The number of aryl methyl sites for hydroxylation is 1. The van der Waals surface area contributed by atoms with Gasteiger partial charge in [-0.25, -0.2) is 0 Å². The van der Waals surface area contributed by atoms with Crippen LogP contribution in [0.25, 0.3) is 0 Å². The first-order valence-corrected chi connectivity index (χ1v) is 5.97. The molecule has 1 aromatic carbocycles. The quantitative estimate of drug-likeness (QED) is 0.728. The summed E-state index contributed by atoms with van der Waals surface area (Å²) in [6.07, 6.45) is 2.48. The van der Waals surface area contributed by atoms with Crippen LogP contribution in [0.5, 0.6) is 0 Å². The Labute approximate surface area is 97.8 Å². The van der Waals surface area contributed by atoms with Crippen LogP contribution in [0, 0.1) is 12.8 Å². The van der Waals surface area contributed by atoms with Crippen LogP contribution in [0.1, 0.15) is 32.3 Å². The van der Waals surface area contributed by atoms with Gasteiger partial charge >= 0.3 is 0 Å². The maximum absolute atomic E-state index is 6.04. The van der Waals surface area contributed by atoms with Crippen molar-refractivity contribution in [1.29, 1.82) is 0 Å². The highest BCUT2D eigenvalue weighted by atomic mass is 35.5. The van der Waals surface area contributed by atoms with E-state index in [4.69, 9.17) is 11.6 Å². The molecule has 0 aliphatic heterocycles. The van der Waals surface area contributed by atoms with E-state index in [1.807, 2.05) is 19.1 Å². The van der Waals surface area contributed by atoms with Crippen molar-refractivity contribution in [2.75, 3.05) is 11.9 Å². The van der Waals surface area contributed by atoms with Crippen LogP contribution in [0.3, 0.4) is 0 Å². The molecule has 0 spiro atoms. The molecule has 0 saturated carbocycles. The molecule has 1 N–H and O–H groups in total. The highest BCUT2D eigenvalue weighted by Gasteiger charge is 1.98. The van der Waals surface area contributed by atoms with Crippen LogP contribution in [0.4, 0.5) is 5.69 Å². The fourth-order valence-electron chi connectivity index (χ4n) is 1.45. The average Bonchev–Trinajstić information content (AvgIpc) is 2.18. The van der Waals surface area contributed by atoms with Crippen LogP contribution in [0.2, 0.25) is 5.02 Å². The SMILES string of the molecule is Cc1ccc(NCCCC(C)C)cc1Cl. The van der Waals surface area contributed by atoms with Crippen LogP contribution >= 0.6 is 11.6 Å². The molecular formula is C13H20ClN. The van der Waals surface area contributed by atoms with Gasteiger partial charge in [-0.05, 0) is 43.4 Å². The predicted molar refractivity (Wildman–Crippen MR) is 68.8 cm³/mol. The summed E-state index contributed by atoms with van der Waals surface area (Å²) in [5, 5.41) is 4.22. The Hall–Kier alpha value is -0.690. The van der Waals surface area contributed by atoms with Crippen molar-refractivity contribution in [2.24, 2.45) is 5.92 Å². The molecule has 0 heterocycles.